The summed E-state index contributed by atoms with van der Waals surface area (Å²) in [4.78, 5) is 2.49. The first-order valence-electron chi connectivity index (χ1n) is 7.29. The summed E-state index contributed by atoms with van der Waals surface area (Å²) in [5.74, 6) is 0.245. The molecule has 2 heterocycles. The quantitative estimate of drug-likeness (QED) is 0.905. The maximum atomic E-state index is 13.7. The number of nitrogens with zero attached hydrogens (tertiary/aromatic N) is 1. The molecule has 0 spiro atoms. The molecule has 0 radical (unpaired) electrons. The monoisotopic (exact) mass is 263 g/mol. The Morgan fingerprint density at radius 2 is 1.89 bits per heavy atom. The van der Waals surface area contributed by atoms with Crippen molar-refractivity contribution in [3.63, 3.8) is 0 Å². The molecule has 0 aromatic heterocycles. The molecule has 3 atom stereocenters. The van der Waals surface area contributed by atoms with Crippen LogP contribution in [0.4, 0.5) is 4.39 Å². The van der Waals surface area contributed by atoms with Gasteiger partial charge in [-0.2, -0.15) is 0 Å². The third-order valence-electron chi connectivity index (χ3n) is 5.02. The minimum absolute atomic E-state index is 0.286. The summed E-state index contributed by atoms with van der Waals surface area (Å²) in [6.07, 6.45) is 4.91. The molecule has 0 saturated carbocycles. The van der Waals surface area contributed by atoms with Gasteiger partial charge in [0.15, 0.2) is 0 Å². The predicted octanol–water partition coefficient (Wildman–Crippen LogP) is 3.12. The first-order chi connectivity index (χ1) is 9.15. The lowest BCUT2D eigenvalue weighted by Gasteiger charge is -2.37. The normalized spacial score (nSPS) is 32.5. The van der Waals surface area contributed by atoms with Crippen molar-refractivity contribution >= 4 is 0 Å². The number of hydrogen-bond acceptors (Lipinski definition) is 2. The van der Waals surface area contributed by atoms with Crippen molar-refractivity contribution in [1.82, 2.24) is 4.90 Å². The molecule has 3 unspecified atom stereocenters. The van der Waals surface area contributed by atoms with Gasteiger partial charge in [0.2, 0.25) is 0 Å². The van der Waals surface area contributed by atoms with Crippen molar-refractivity contribution in [3.05, 3.63) is 35.6 Å². The Balaban J connectivity index is 1.65. The Morgan fingerprint density at radius 1 is 1.26 bits per heavy atom. The van der Waals surface area contributed by atoms with Crippen LogP contribution in [0.1, 0.15) is 43.8 Å². The van der Waals surface area contributed by atoms with Crippen LogP contribution >= 0.6 is 0 Å². The highest BCUT2D eigenvalue weighted by Gasteiger charge is 2.38. The molecule has 3 rings (SSSR count). The third-order valence-corrected chi connectivity index (χ3v) is 5.02. The van der Waals surface area contributed by atoms with Gasteiger partial charge < -0.3 is 10.0 Å². The average molecular weight is 263 g/mol. The Morgan fingerprint density at radius 3 is 2.53 bits per heavy atom. The SMILES string of the molecule is CN1C2CCC1CC(CC(O)c1ccccc1F)C2. The smallest absolute Gasteiger partial charge is 0.128 e. The zero-order chi connectivity index (χ0) is 13.4. The maximum Gasteiger partial charge on any atom is 0.128 e. The van der Waals surface area contributed by atoms with Gasteiger partial charge in [-0.25, -0.2) is 4.39 Å². The molecule has 19 heavy (non-hydrogen) atoms. The molecule has 0 aliphatic carbocycles. The second-order valence-electron chi connectivity index (χ2n) is 6.16. The molecular formula is C16H22FNO. The Hall–Kier alpha value is -0.930. The van der Waals surface area contributed by atoms with Gasteiger partial charge in [-0.3, -0.25) is 0 Å². The highest BCUT2D eigenvalue weighted by atomic mass is 19.1. The van der Waals surface area contributed by atoms with Crippen LogP contribution in [-0.2, 0) is 0 Å². The first-order valence-corrected chi connectivity index (χ1v) is 7.29. The van der Waals surface area contributed by atoms with Crippen LogP contribution in [-0.4, -0.2) is 29.1 Å². The van der Waals surface area contributed by atoms with Crippen molar-refractivity contribution in [2.45, 2.75) is 50.3 Å². The Bertz CT molecular complexity index is 436. The Kier molecular flexibility index (Phi) is 3.59. The van der Waals surface area contributed by atoms with Crippen LogP contribution in [0.2, 0.25) is 0 Å². The van der Waals surface area contributed by atoms with Crippen molar-refractivity contribution in [2.75, 3.05) is 7.05 Å². The van der Waals surface area contributed by atoms with Gasteiger partial charge in [-0.15, -0.1) is 0 Å². The van der Waals surface area contributed by atoms with Crippen molar-refractivity contribution in [3.8, 4) is 0 Å². The zero-order valence-electron chi connectivity index (χ0n) is 11.4. The van der Waals surface area contributed by atoms with Gasteiger partial charge in [0.1, 0.15) is 5.82 Å². The van der Waals surface area contributed by atoms with Gasteiger partial charge in [0, 0.05) is 17.6 Å². The van der Waals surface area contributed by atoms with E-state index < -0.39 is 6.10 Å². The summed E-state index contributed by atoms with van der Waals surface area (Å²) < 4.78 is 13.7. The molecule has 2 fully saturated rings. The summed E-state index contributed by atoms with van der Waals surface area (Å²) >= 11 is 0. The molecule has 2 bridgehead atoms. The largest absolute Gasteiger partial charge is 0.388 e. The highest BCUT2D eigenvalue weighted by Crippen LogP contribution is 2.40. The van der Waals surface area contributed by atoms with E-state index in [1.165, 1.54) is 18.9 Å². The fourth-order valence-corrected chi connectivity index (χ4v) is 3.90. The van der Waals surface area contributed by atoms with Gasteiger partial charge in [0.05, 0.1) is 6.10 Å². The van der Waals surface area contributed by atoms with Crippen LogP contribution in [0.3, 0.4) is 0 Å². The maximum absolute atomic E-state index is 13.7. The van der Waals surface area contributed by atoms with E-state index in [0.717, 1.165) is 12.8 Å². The van der Waals surface area contributed by atoms with Gasteiger partial charge in [-0.1, -0.05) is 18.2 Å². The predicted molar refractivity (Wildman–Crippen MR) is 73.3 cm³/mol. The first kappa shape index (κ1) is 13.1. The molecule has 1 aromatic rings. The summed E-state index contributed by atoms with van der Waals surface area (Å²) in [6, 6.07) is 7.94. The summed E-state index contributed by atoms with van der Waals surface area (Å²) in [5.41, 5.74) is 0.453. The number of aliphatic hydroxyl groups is 1. The van der Waals surface area contributed by atoms with E-state index in [1.54, 1.807) is 18.2 Å². The molecule has 2 aliphatic rings. The molecule has 2 aliphatic heterocycles. The van der Waals surface area contributed by atoms with E-state index in [-0.39, 0.29) is 5.82 Å². The summed E-state index contributed by atoms with van der Waals surface area (Å²) in [5, 5.41) is 10.3. The van der Waals surface area contributed by atoms with E-state index in [9.17, 15) is 9.50 Å². The number of aliphatic hydroxyl groups excluding tert-OH is 1. The van der Waals surface area contributed by atoms with Crippen LogP contribution in [0.25, 0.3) is 0 Å². The fraction of sp³-hybridized carbons (Fsp3) is 0.625. The topological polar surface area (TPSA) is 23.5 Å². The number of hydrogen-bond donors (Lipinski definition) is 1. The number of fused-ring (bicyclic) bond motifs is 2. The molecular weight excluding hydrogens is 241 g/mol. The fourth-order valence-electron chi connectivity index (χ4n) is 3.90. The number of piperidine rings is 1. The molecule has 2 saturated heterocycles. The van der Waals surface area contributed by atoms with Crippen LogP contribution < -0.4 is 0 Å². The number of benzene rings is 1. The lowest BCUT2D eigenvalue weighted by Crippen LogP contribution is -2.40. The van der Waals surface area contributed by atoms with E-state index in [0.29, 0.717) is 30.0 Å². The van der Waals surface area contributed by atoms with Gasteiger partial charge in [0.25, 0.3) is 0 Å². The second-order valence-corrected chi connectivity index (χ2v) is 6.16. The minimum atomic E-state index is -0.658. The summed E-state index contributed by atoms with van der Waals surface area (Å²) in [7, 11) is 2.21. The van der Waals surface area contributed by atoms with E-state index in [2.05, 4.69) is 11.9 Å². The average Bonchev–Trinajstić information content (AvgIpc) is 2.63. The van der Waals surface area contributed by atoms with E-state index >= 15 is 0 Å². The third kappa shape index (κ3) is 2.54. The molecule has 104 valence electrons. The lowest BCUT2D eigenvalue weighted by molar-refractivity contribution is 0.0820. The van der Waals surface area contributed by atoms with Crippen molar-refractivity contribution in [1.29, 1.82) is 0 Å². The molecule has 1 aromatic carbocycles. The van der Waals surface area contributed by atoms with Gasteiger partial charge in [-0.05, 0) is 51.1 Å². The second kappa shape index (κ2) is 5.22. The Labute approximate surface area is 114 Å². The van der Waals surface area contributed by atoms with Crippen LogP contribution in [0, 0.1) is 11.7 Å². The standard InChI is InChI=1S/C16H22FNO/c1-18-12-6-7-13(18)9-11(8-12)10-16(19)14-4-2-3-5-15(14)17/h2-5,11-13,16,19H,6-10H2,1H3. The van der Waals surface area contributed by atoms with E-state index in [1.807, 2.05) is 0 Å². The summed E-state index contributed by atoms with van der Waals surface area (Å²) in [6.45, 7) is 0. The lowest BCUT2D eigenvalue weighted by atomic mass is 9.85. The number of halogens is 1. The van der Waals surface area contributed by atoms with Crippen LogP contribution in [0.15, 0.2) is 24.3 Å². The van der Waals surface area contributed by atoms with Gasteiger partial charge >= 0.3 is 0 Å². The molecule has 1 N–H and O–H groups in total. The highest BCUT2D eigenvalue weighted by molar-refractivity contribution is 5.19. The molecule has 3 heteroatoms. The van der Waals surface area contributed by atoms with Crippen molar-refractivity contribution in [2.24, 2.45) is 5.92 Å². The number of rotatable bonds is 3. The zero-order valence-corrected chi connectivity index (χ0v) is 11.4. The molecule has 0 amide bonds. The van der Waals surface area contributed by atoms with E-state index in [4.69, 9.17) is 0 Å². The molecule has 2 nitrogen and oxygen atoms in total. The minimum Gasteiger partial charge on any atom is -0.388 e. The van der Waals surface area contributed by atoms with Crippen molar-refractivity contribution < 1.29 is 9.50 Å². The van der Waals surface area contributed by atoms with Crippen LogP contribution in [0.5, 0.6) is 0 Å².